The third-order valence-electron chi connectivity index (χ3n) is 4.07. The summed E-state index contributed by atoms with van der Waals surface area (Å²) in [6.07, 6.45) is -0.384. The SMILES string of the molecule is Cc1ccc(NC(=O)C(=O)NC2c3ccccc3CC2O)c(F)c1. The first-order valence-electron chi connectivity index (χ1n) is 7.59. The first-order valence-corrected chi connectivity index (χ1v) is 7.59. The second-order valence-corrected chi connectivity index (χ2v) is 5.86. The van der Waals surface area contributed by atoms with Crippen molar-refractivity contribution in [2.24, 2.45) is 0 Å². The highest BCUT2D eigenvalue weighted by atomic mass is 19.1. The van der Waals surface area contributed by atoms with Crippen LogP contribution in [0.4, 0.5) is 10.1 Å². The second kappa shape index (κ2) is 6.41. The van der Waals surface area contributed by atoms with Crippen molar-refractivity contribution in [3.05, 3.63) is 65.0 Å². The molecule has 2 amide bonds. The average Bonchev–Trinajstić information content (AvgIpc) is 2.86. The summed E-state index contributed by atoms with van der Waals surface area (Å²) in [4.78, 5) is 24.1. The normalized spacial score (nSPS) is 18.8. The van der Waals surface area contributed by atoms with Crippen molar-refractivity contribution in [2.75, 3.05) is 5.32 Å². The number of hydrogen-bond donors (Lipinski definition) is 3. The van der Waals surface area contributed by atoms with E-state index in [1.165, 1.54) is 12.1 Å². The molecule has 5 nitrogen and oxygen atoms in total. The Morgan fingerprint density at radius 2 is 1.92 bits per heavy atom. The van der Waals surface area contributed by atoms with Gasteiger partial charge in [0.1, 0.15) is 5.82 Å². The summed E-state index contributed by atoms with van der Waals surface area (Å²) >= 11 is 0. The number of amides is 2. The van der Waals surface area contributed by atoms with Gasteiger partial charge in [0.05, 0.1) is 17.8 Å². The molecule has 2 unspecified atom stereocenters. The number of aliphatic hydroxyl groups excluding tert-OH is 1. The highest BCUT2D eigenvalue weighted by Gasteiger charge is 2.33. The van der Waals surface area contributed by atoms with E-state index in [0.717, 1.165) is 11.1 Å². The van der Waals surface area contributed by atoms with Gasteiger partial charge in [0, 0.05) is 6.42 Å². The van der Waals surface area contributed by atoms with Crippen molar-refractivity contribution in [1.82, 2.24) is 5.32 Å². The maximum atomic E-state index is 13.8. The van der Waals surface area contributed by atoms with Crippen LogP contribution >= 0.6 is 0 Å². The zero-order valence-electron chi connectivity index (χ0n) is 13.0. The summed E-state index contributed by atoms with van der Waals surface area (Å²) in [5, 5.41) is 14.9. The molecule has 0 fully saturated rings. The van der Waals surface area contributed by atoms with Gasteiger partial charge in [-0.1, -0.05) is 30.3 Å². The van der Waals surface area contributed by atoms with Crippen LogP contribution < -0.4 is 10.6 Å². The van der Waals surface area contributed by atoms with Crippen LogP contribution in [-0.2, 0) is 16.0 Å². The maximum Gasteiger partial charge on any atom is 0.313 e. The number of benzene rings is 2. The molecule has 2 aromatic carbocycles. The van der Waals surface area contributed by atoms with Crippen LogP contribution in [0.15, 0.2) is 42.5 Å². The minimum absolute atomic E-state index is 0.0619. The van der Waals surface area contributed by atoms with E-state index in [1.807, 2.05) is 12.1 Å². The molecule has 0 radical (unpaired) electrons. The Hall–Kier alpha value is -2.73. The number of aryl methyl sites for hydroxylation is 1. The number of carbonyl (C=O) groups is 2. The lowest BCUT2D eigenvalue weighted by Crippen LogP contribution is -2.40. The van der Waals surface area contributed by atoms with Crippen molar-refractivity contribution in [3.8, 4) is 0 Å². The molecule has 0 heterocycles. The molecule has 0 saturated heterocycles. The lowest BCUT2D eigenvalue weighted by molar-refractivity contribution is -0.137. The number of fused-ring (bicyclic) bond motifs is 1. The summed E-state index contributed by atoms with van der Waals surface area (Å²) < 4.78 is 13.8. The van der Waals surface area contributed by atoms with E-state index >= 15 is 0 Å². The minimum Gasteiger partial charge on any atom is -0.390 e. The van der Waals surface area contributed by atoms with Crippen LogP contribution in [0.1, 0.15) is 22.7 Å². The molecule has 2 atom stereocenters. The molecule has 0 bridgehead atoms. The number of anilines is 1. The number of nitrogens with one attached hydrogen (secondary N) is 2. The molecule has 0 aromatic heterocycles. The molecule has 0 spiro atoms. The first kappa shape index (κ1) is 16.1. The van der Waals surface area contributed by atoms with Crippen molar-refractivity contribution < 1.29 is 19.1 Å². The molecule has 3 N–H and O–H groups in total. The van der Waals surface area contributed by atoms with Gasteiger partial charge in [0.2, 0.25) is 0 Å². The molecule has 6 heteroatoms. The number of aliphatic hydroxyl groups is 1. The minimum atomic E-state index is -0.977. The van der Waals surface area contributed by atoms with E-state index in [9.17, 15) is 19.1 Å². The van der Waals surface area contributed by atoms with Gasteiger partial charge in [-0.25, -0.2) is 4.39 Å². The maximum absolute atomic E-state index is 13.8. The van der Waals surface area contributed by atoms with Crippen molar-refractivity contribution >= 4 is 17.5 Å². The molecular weight excluding hydrogens is 311 g/mol. The number of carbonyl (C=O) groups excluding carboxylic acids is 2. The van der Waals surface area contributed by atoms with Gasteiger partial charge >= 0.3 is 11.8 Å². The van der Waals surface area contributed by atoms with Crippen LogP contribution in [0.25, 0.3) is 0 Å². The molecule has 1 aliphatic rings. The van der Waals surface area contributed by atoms with Crippen molar-refractivity contribution in [2.45, 2.75) is 25.5 Å². The topological polar surface area (TPSA) is 78.4 Å². The molecular formula is C18H17FN2O3. The predicted molar refractivity (Wildman–Crippen MR) is 86.8 cm³/mol. The van der Waals surface area contributed by atoms with Crippen LogP contribution in [0, 0.1) is 12.7 Å². The van der Waals surface area contributed by atoms with Gasteiger partial charge in [-0.05, 0) is 35.7 Å². The lowest BCUT2D eigenvalue weighted by Gasteiger charge is -2.17. The zero-order valence-corrected chi connectivity index (χ0v) is 13.0. The van der Waals surface area contributed by atoms with Gasteiger partial charge < -0.3 is 15.7 Å². The number of halogens is 1. The third-order valence-corrected chi connectivity index (χ3v) is 4.07. The summed E-state index contributed by atoms with van der Waals surface area (Å²) in [6.45, 7) is 1.72. The van der Waals surface area contributed by atoms with E-state index < -0.39 is 29.8 Å². The Bertz CT molecular complexity index is 807. The van der Waals surface area contributed by atoms with Crippen LogP contribution in [0.5, 0.6) is 0 Å². The summed E-state index contributed by atoms with van der Waals surface area (Å²) in [6, 6.07) is 11.0. The van der Waals surface area contributed by atoms with Crippen molar-refractivity contribution in [1.29, 1.82) is 0 Å². The molecule has 1 aliphatic carbocycles. The Balaban J connectivity index is 1.70. The molecule has 24 heavy (non-hydrogen) atoms. The van der Waals surface area contributed by atoms with Crippen LogP contribution in [-0.4, -0.2) is 23.0 Å². The number of rotatable bonds is 2. The van der Waals surface area contributed by atoms with Gasteiger partial charge in [-0.3, -0.25) is 9.59 Å². The summed E-state index contributed by atoms with van der Waals surface area (Å²) in [5.41, 5.74) is 2.36. The fourth-order valence-corrected chi connectivity index (χ4v) is 2.86. The fraction of sp³-hybridized carbons (Fsp3) is 0.222. The standard InChI is InChI=1S/C18H17FN2O3/c1-10-6-7-14(13(19)8-10)20-17(23)18(24)21-16-12-5-3-2-4-11(12)9-15(16)22/h2-8,15-16,22H,9H2,1H3,(H,20,23)(H,21,24). The van der Waals surface area contributed by atoms with Gasteiger partial charge in [-0.15, -0.1) is 0 Å². The fourth-order valence-electron chi connectivity index (χ4n) is 2.86. The van der Waals surface area contributed by atoms with Crippen LogP contribution in [0.3, 0.4) is 0 Å². The molecule has 0 aliphatic heterocycles. The Morgan fingerprint density at radius 1 is 1.17 bits per heavy atom. The zero-order chi connectivity index (χ0) is 17.3. The first-order chi connectivity index (χ1) is 11.5. The number of hydrogen-bond acceptors (Lipinski definition) is 3. The van der Waals surface area contributed by atoms with E-state index in [-0.39, 0.29) is 5.69 Å². The van der Waals surface area contributed by atoms with Crippen LogP contribution in [0.2, 0.25) is 0 Å². The van der Waals surface area contributed by atoms with Gasteiger partial charge in [0.25, 0.3) is 0 Å². The Labute approximate surface area is 138 Å². The monoisotopic (exact) mass is 328 g/mol. The second-order valence-electron chi connectivity index (χ2n) is 5.86. The third kappa shape index (κ3) is 3.14. The highest BCUT2D eigenvalue weighted by Crippen LogP contribution is 2.31. The summed E-state index contributed by atoms with van der Waals surface area (Å²) in [5.74, 6) is -2.51. The van der Waals surface area contributed by atoms with E-state index in [1.54, 1.807) is 25.1 Å². The van der Waals surface area contributed by atoms with Gasteiger partial charge in [-0.2, -0.15) is 0 Å². The summed E-state index contributed by atoms with van der Waals surface area (Å²) in [7, 11) is 0. The van der Waals surface area contributed by atoms with E-state index in [0.29, 0.717) is 12.0 Å². The molecule has 124 valence electrons. The predicted octanol–water partition coefficient (Wildman–Crippen LogP) is 1.85. The molecule has 2 aromatic rings. The quantitative estimate of drug-likeness (QED) is 0.736. The molecule has 0 saturated carbocycles. The lowest BCUT2D eigenvalue weighted by atomic mass is 10.1. The molecule has 3 rings (SSSR count). The Morgan fingerprint density at radius 3 is 2.67 bits per heavy atom. The smallest absolute Gasteiger partial charge is 0.313 e. The largest absolute Gasteiger partial charge is 0.390 e. The van der Waals surface area contributed by atoms with Crippen molar-refractivity contribution in [3.63, 3.8) is 0 Å². The van der Waals surface area contributed by atoms with Gasteiger partial charge in [0.15, 0.2) is 0 Å². The average molecular weight is 328 g/mol. The van der Waals surface area contributed by atoms with E-state index in [4.69, 9.17) is 0 Å². The van der Waals surface area contributed by atoms with E-state index in [2.05, 4.69) is 10.6 Å². The Kier molecular flexibility index (Phi) is 4.31. The highest BCUT2D eigenvalue weighted by molar-refractivity contribution is 6.39.